The molecule has 0 heterocycles. The lowest BCUT2D eigenvalue weighted by Crippen LogP contribution is -2.71. The summed E-state index contributed by atoms with van der Waals surface area (Å²) in [4.78, 5) is 0. The first-order valence-electron chi connectivity index (χ1n) is 5.18. The fourth-order valence-electron chi connectivity index (χ4n) is 1.16. The van der Waals surface area contributed by atoms with Gasteiger partial charge in [-0.15, -0.1) is 0 Å². The Morgan fingerprint density at radius 1 is 0.545 bits per heavy atom. The lowest BCUT2D eigenvalue weighted by Gasteiger charge is -2.41. The molecule has 0 aliphatic heterocycles. The minimum absolute atomic E-state index is 0.282. The van der Waals surface area contributed by atoms with E-state index in [1.807, 2.05) is 0 Å². The number of hydrogen-bond donors (Lipinski definition) is 1. The zero-order chi connectivity index (χ0) is 18.6. The van der Waals surface area contributed by atoms with Gasteiger partial charge in [-0.25, -0.2) is 4.39 Å². The van der Waals surface area contributed by atoms with Crippen molar-refractivity contribution in [2.45, 2.75) is 49.6 Å². The summed E-state index contributed by atoms with van der Waals surface area (Å²) in [5.41, 5.74) is 0. The summed E-state index contributed by atoms with van der Waals surface area (Å²) >= 11 is 0. The number of rotatable bonds is 5. The van der Waals surface area contributed by atoms with Crippen LogP contribution in [0, 0.1) is 5.92 Å². The van der Waals surface area contributed by atoms with Crippen molar-refractivity contribution in [3.8, 4) is 0 Å². The van der Waals surface area contributed by atoms with Gasteiger partial charge in [0.05, 0.1) is 0 Å². The van der Waals surface area contributed by atoms with Crippen LogP contribution in [-0.4, -0.2) is 40.8 Å². The van der Waals surface area contributed by atoms with E-state index < -0.39 is 41.6 Å². The molecule has 1 nitrogen and oxygen atoms in total. The smallest absolute Gasteiger partial charge is 0.357 e. The average molecular weight is 360 g/mol. The number of hydrogen-bond acceptors (Lipinski definition) is 1. The van der Waals surface area contributed by atoms with Gasteiger partial charge in [0.1, 0.15) is 0 Å². The van der Waals surface area contributed by atoms with Crippen LogP contribution in [0.3, 0.4) is 0 Å². The first kappa shape index (κ1) is 21.1. The standard InChI is InChI=1S/C9H8F12O/c1-3(2)4(10,22)5(11,12)6(13,14)7(15,16)8(17,18)9(19,20)21/h3,22H,1-2H3. The monoisotopic (exact) mass is 360 g/mol. The summed E-state index contributed by atoms with van der Waals surface area (Å²) in [5.74, 6) is -37.9. The molecular weight excluding hydrogens is 352 g/mol. The van der Waals surface area contributed by atoms with Gasteiger partial charge in [0.2, 0.25) is 0 Å². The largest absolute Gasteiger partial charge is 0.460 e. The van der Waals surface area contributed by atoms with Crippen molar-refractivity contribution in [3.05, 3.63) is 0 Å². The Bertz CT molecular complexity index is 407. The van der Waals surface area contributed by atoms with Gasteiger partial charge in [-0.3, -0.25) is 0 Å². The van der Waals surface area contributed by atoms with Gasteiger partial charge in [-0.2, -0.15) is 48.3 Å². The fourth-order valence-corrected chi connectivity index (χ4v) is 1.16. The Morgan fingerprint density at radius 3 is 1.05 bits per heavy atom. The Balaban J connectivity index is 6.24. The molecule has 1 unspecified atom stereocenters. The van der Waals surface area contributed by atoms with E-state index in [1.54, 1.807) is 0 Å². The average Bonchev–Trinajstić information content (AvgIpc) is 2.25. The van der Waals surface area contributed by atoms with Crippen LogP contribution >= 0.6 is 0 Å². The molecule has 0 aliphatic carbocycles. The Morgan fingerprint density at radius 2 is 0.818 bits per heavy atom. The van der Waals surface area contributed by atoms with Gasteiger partial charge in [0.25, 0.3) is 5.85 Å². The third-order valence-corrected chi connectivity index (χ3v) is 2.74. The predicted octanol–water partition coefficient (Wildman–Crippen LogP) is 4.40. The van der Waals surface area contributed by atoms with Crippen LogP contribution in [0.15, 0.2) is 0 Å². The van der Waals surface area contributed by atoms with Crippen molar-refractivity contribution in [1.82, 2.24) is 0 Å². The van der Waals surface area contributed by atoms with E-state index in [-0.39, 0.29) is 13.8 Å². The maximum absolute atomic E-state index is 13.2. The maximum Gasteiger partial charge on any atom is 0.460 e. The van der Waals surface area contributed by atoms with Gasteiger partial charge in [0, 0.05) is 5.92 Å². The zero-order valence-corrected chi connectivity index (χ0v) is 10.6. The third kappa shape index (κ3) is 2.50. The second-order valence-electron chi connectivity index (χ2n) is 4.62. The Kier molecular flexibility index (Phi) is 4.86. The lowest BCUT2D eigenvalue weighted by molar-refractivity contribution is -0.449. The molecular formula is C9H8F12O. The molecule has 0 saturated heterocycles. The molecule has 1 N–H and O–H groups in total. The molecule has 0 spiro atoms. The van der Waals surface area contributed by atoms with Crippen LogP contribution in [-0.2, 0) is 0 Å². The van der Waals surface area contributed by atoms with E-state index in [0.717, 1.165) is 0 Å². The first-order valence-corrected chi connectivity index (χ1v) is 5.18. The van der Waals surface area contributed by atoms with Crippen molar-refractivity contribution in [2.24, 2.45) is 5.92 Å². The van der Waals surface area contributed by atoms with Crippen molar-refractivity contribution >= 4 is 0 Å². The van der Waals surface area contributed by atoms with Gasteiger partial charge >= 0.3 is 29.9 Å². The lowest BCUT2D eigenvalue weighted by atomic mass is 9.88. The van der Waals surface area contributed by atoms with E-state index in [1.165, 1.54) is 0 Å². The van der Waals surface area contributed by atoms with Gasteiger partial charge in [-0.05, 0) is 0 Å². The summed E-state index contributed by atoms with van der Waals surface area (Å²) in [6, 6.07) is 0. The number of aliphatic hydroxyl groups is 1. The molecule has 1 atom stereocenters. The number of alkyl halides is 12. The molecule has 0 radical (unpaired) electrons. The van der Waals surface area contributed by atoms with Gasteiger partial charge < -0.3 is 5.11 Å². The molecule has 0 aliphatic rings. The van der Waals surface area contributed by atoms with E-state index >= 15 is 0 Å². The van der Waals surface area contributed by atoms with Crippen LogP contribution in [0.1, 0.15) is 13.8 Å². The minimum Gasteiger partial charge on any atom is -0.357 e. The quantitative estimate of drug-likeness (QED) is 0.721. The van der Waals surface area contributed by atoms with Crippen molar-refractivity contribution in [2.75, 3.05) is 0 Å². The molecule has 0 saturated carbocycles. The maximum atomic E-state index is 13.2. The van der Waals surface area contributed by atoms with Crippen molar-refractivity contribution in [3.63, 3.8) is 0 Å². The molecule has 0 rings (SSSR count). The third-order valence-electron chi connectivity index (χ3n) is 2.74. The molecule has 0 amide bonds. The van der Waals surface area contributed by atoms with Crippen LogP contribution in [0.4, 0.5) is 52.7 Å². The first-order chi connectivity index (χ1) is 9.19. The molecule has 0 bridgehead atoms. The van der Waals surface area contributed by atoms with E-state index in [4.69, 9.17) is 5.11 Å². The van der Waals surface area contributed by atoms with E-state index in [9.17, 15) is 52.7 Å². The summed E-state index contributed by atoms with van der Waals surface area (Å²) in [5, 5.41) is 8.53. The van der Waals surface area contributed by atoms with Crippen LogP contribution in [0.5, 0.6) is 0 Å². The highest BCUT2D eigenvalue weighted by Gasteiger charge is 2.90. The van der Waals surface area contributed by atoms with Crippen LogP contribution < -0.4 is 0 Å². The van der Waals surface area contributed by atoms with Crippen molar-refractivity contribution < 1.29 is 57.8 Å². The van der Waals surface area contributed by atoms with E-state index in [0.29, 0.717) is 0 Å². The Hall–Kier alpha value is -0.880. The highest BCUT2D eigenvalue weighted by atomic mass is 19.4. The molecule has 0 aromatic carbocycles. The summed E-state index contributed by atoms with van der Waals surface area (Å²) in [6.07, 6.45) is -7.33. The van der Waals surface area contributed by atoms with Gasteiger partial charge in [0.15, 0.2) is 0 Å². The molecule has 134 valence electrons. The predicted molar refractivity (Wildman–Crippen MR) is 46.7 cm³/mol. The summed E-state index contributed by atoms with van der Waals surface area (Å²) in [6.45, 7) is 0.564. The second kappa shape index (κ2) is 5.06. The van der Waals surface area contributed by atoms with Crippen LogP contribution in [0.25, 0.3) is 0 Å². The molecule has 0 aromatic rings. The molecule has 0 aromatic heterocycles. The molecule has 13 heteroatoms. The SMILES string of the molecule is CC(C)C(O)(F)C(F)(F)C(F)(F)C(F)(F)C(F)(F)C(F)(F)F. The Labute approximate surface area is 114 Å². The van der Waals surface area contributed by atoms with Crippen molar-refractivity contribution in [1.29, 1.82) is 0 Å². The number of halogens is 12. The molecule has 22 heavy (non-hydrogen) atoms. The molecule has 0 fully saturated rings. The zero-order valence-electron chi connectivity index (χ0n) is 10.6. The summed E-state index contributed by atoms with van der Waals surface area (Å²) < 4.78 is 151. The summed E-state index contributed by atoms with van der Waals surface area (Å²) in [7, 11) is 0. The second-order valence-corrected chi connectivity index (χ2v) is 4.62. The highest BCUT2D eigenvalue weighted by Crippen LogP contribution is 2.60. The fraction of sp³-hybridized carbons (Fsp3) is 1.00. The van der Waals surface area contributed by atoms with Gasteiger partial charge in [-0.1, -0.05) is 13.8 Å². The van der Waals surface area contributed by atoms with E-state index in [2.05, 4.69) is 0 Å². The normalized spacial score (nSPS) is 18.5. The topological polar surface area (TPSA) is 20.2 Å². The highest BCUT2D eigenvalue weighted by molar-refractivity contribution is 5.10. The minimum atomic E-state index is -7.74. The van der Waals surface area contributed by atoms with Crippen LogP contribution in [0.2, 0.25) is 0 Å².